The fraction of sp³-hybridized carbons (Fsp3) is 0.625. The van der Waals surface area contributed by atoms with Crippen LogP contribution in [0, 0.1) is 6.92 Å². The number of benzene rings is 1. The van der Waals surface area contributed by atoms with Crippen LogP contribution in [0.1, 0.15) is 50.3 Å². The predicted molar refractivity (Wildman–Crippen MR) is 77.9 cm³/mol. The van der Waals surface area contributed by atoms with Crippen LogP contribution < -0.4 is 0 Å². The van der Waals surface area contributed by atoms with Gasteiger partial charge in [0.25, 0.3) is 0 Å². The van der Waals surface area contributed by atoms with Gasteiger partial charge in [-0.15, -0.1) is 0 Å². The number of nitrogens with zero attached hydrogens (tertiary/aromatic N) is 1. The number of aliphatic hydroxyl groups excluding tert-OH is 1. The van der Waals surface area contributed by atoms with Crippen molar-refractivity contribution in [3.63, 3.8) is 0 Å². The summed E-state index contributed by atoms with van der Waals surface area (Å²) >= 11 is 0. The molecule has 2 nitrogen and oxygen atoms in total. The molecule has 0 aromatic heterocycles. The molecule has 2 heteroatoms. The Hall–Kier alpha value is -0.860. The van der Waals surface area contributed by atoms with E-state index in [0.717, 1.165) is 6.54 Å². The molecule has 1 rings (SSSR count). The summed E-state index contributed by atoms with van der Waals surface area (Å²) in [7, 11) is 2.07. The predicted octanol–water partition coefficient (Wildman–Crippen LogP) is 3.32. The van der Waals surface area contributed by atoms with Crippen molar-refractivity contribution in [2.75, 3.05) is 13.7 Å². The maximum atomic E-state index is 9.41. The normalized spacial score (nSPS) is 12.5. The summed E-state index contributed by atoms with van der Waals surface area (Å²) in [6.45, 7) is 11.8. The summed E-state index contributed by atoms with van der Waals surface area (Å²) in [6, 6.07) is 6.70. The first-order valence-electron chi connectivity index (χ1n) is 6.69. The number of aliphatic hydroxyl groups is 1. The summed E-state index contributed by atoms with van der Waals surface area (Å²) in [5.74, 6) is 0.556. The minimum absolute atomic E-state index is 0.173. The second kappa shape index (κ2) is 5.85. The van der Waals surface area contributed by atoms with Crippen LogP contribution in [0.4, 0.5) is 0 Å². The molecule has 0 radical (unpaired) electrons. The highest BCUT2D eigenvalue weighted by Crippen LogP contribution is 2.22. The van der Waals surface area contributed by atoms with Crippen LogP contribution in [-0.2, 0) is 6.54 Å². The van der Waals surface area contributed by atoms with E-state index in [2.05, 4.69) is 64.8 Å². The summed E-state index contributed by atoms with van der Waals surface area (Å²) in [6.07, 6.45) is 0. The monoisotopic (exact) mass is 249 g/mol. The van der Waals surface area contributed by atoms with E-state index in [9.17, 15) is 5.11 Å². The molecule has 0 heterocycles. The lowest BCUT2D eigenvalue weighted by Gasteiger charge is -2.34. The molecule has 0 aliphatic carbocycles. The molecule has 0 unspecified atom stereocenters. The van der Waals surface area contributed by atoms with E-state index >= 15 is 0 Å². The first-order chi connectivity index (χ1) is 8.27. The smallest absolute Gasteiger partial charge is 0.0610 e. The molecule has 18 heavy (non-hydrogen) atoms. The quantitative estimate of drug-likeness (QED) is 0.865. The van der Waals surface area contributed by atoms with E-state index in [1.807, 2.05) is 0 Å². The summed E-state index contributed by atoms with van der Waals surface area (Å²) in [4.78, 5) is 2.21. The lowest BCUT2D eigenvalue weighted by molar-refractivity contribution is 0.0732. The minimum atomic E-state index is -0.180. The zero-order valence-electron chi connectivity index (χ0n) is 12.6. The first-order valence-corrected chi connectivity index (χ1v) is 6.69. The van der Waals surface area contributed by atoms with Crippen molar-refractivity contribution in [2.45, 2.75) is 52.6 Å². The Morgan fingerprint density at radius 3 is 2.39 bits per heavy atom. The first kappa shape index (κ1) is 15.2. The largest absolute Gasteiger partial charge is 0.394 e. The molecule has 0 saturated carbocycles. The fourth-order valence-corrected chi connectivity index (χ4v) is 1.81. The van der Waals surface area contributed by atoms with Crippen molar-refractivity contribution in [2.24, 2.45) is 0 Å². The summed E-state index contributed by atoms with van der Waals surface area (Å²) < 4.78 is 0. The van der Waals surface area contributed by atoms with E-state index in [1.54, 1.807) is 0 Å². The molecule has 0 bridgehead atoms. The van der Waals surface area contributed by atoms with Crippen molar-refractivity contribution in [1.29, 1.82) is 0 Å². The standard InChI is InChI=1S/C16H27NO/c1-12(2)14-8-7-13(3)15(9-14)10-17(6)16(4,5)11-18/h7-9,12,18H,10-11H2,1-6H3. The van der Waals surface area contributed by atoms with Crippen molar-refractivity contribution < 1.29 is 5.11 Å². The maximum absolute atomic E-state index is 9.41. The maximum Gasteiger partial charge on any atom is 0.0610 e. The Kier molecular flexibility index (Phi) is 4.94. The number of hydrogen-bond acceptors (Lipinski definition) is 2. The van der Waals surface area contributed by atoms with Gasteiger partial charge in [-0.05, 0) is 50.4 Å². The third-order valence-corrected chi connectivity index (χ3v) is 3.87. The number of hydrogen-bond donors (Lipinski definition) is 1. The molecule has 0 amide bonds. The third kappa shape index (κ3) is 3.56. The average Bonchev–Trinajstić information content (AvgIpc) is 2.31. The van der Waals surface area contributed by atoms with Gasteiger partial charge < -0.3 is 5.11 Å². The topological polar surface area (TPSA) is 23.5 Å². The second-order valence-electron chi connectivity index (χ2n) is 6.17. The molecule has 0 fully saturated rings. The van der Waals surface area contributed by atoms with Crippen molar-refractivity contribution in [1.82, 2.24) is 4.90 Å². The molecule has 0 spiro atoms. The molecular formula is C16H27NO. The van der Waals surface area contributed by atoms with Gasteiger partial charge in [0.1, 0.15) is 0 Å². The average molecular weight is 249 g/mol. The zero-order valence-corrected chi connectivity index (χ0v) is 12.6. The molecule has 0 aliphatic rings. The molecule has 0 atom stereocenters. The Bertz CT molecular complexity index is 396. The molecule has 0 aliphatic heterocycles. The number of likely N-dealkylation sites (N-methyl/N-ethyl adjacent to an activating group) is 1. The van der Waals surface area contributed by atoms with Gasteiger partial charge in [0, 0.05) is 12.1 Å². The Morgan fingerprint density at radius 2 is 1.89 bits per heavy atom. The molecule has 1 aromatic carbocycles. The van der Waals surface area contributed by atoms with Gasteiger partial charge in [-0.25, -0.2) is 0 Å². The highest BCUT2D eigenvalue weighted by molar-refractivity contribution is 5.32. The van der Waals surface area contributed by atoms with Crippen LogP contribution in [0.15, 0.2) is 18.2 Å². The Labute approximate surface area is 112 Å². The van der Waals surface area contributed by atoms with Gasteiger partial charge in [0.15, 0.2) is 0 Å². The van der Waals surface area contributed by atoms with Gasteiger partial charge in [-0.3, -0.25) is 4.90 Å². The van der Waals surface area contributed by atoms with Gasteiger partial charge >= 0.3 is 0 Å². The van der Waals surface area contributed by atoms with Crippen LogP contribution >= 0.6 is 0 Å². The molecule has 0 saturated heterocycles. The highest BCUT2D eigenvalue weighted by Gasteiger charge is 2.22. The van der Waals surface area contributed by atoms with Crippen LogP contribution in [0.2, 0.25) is 0 Å². The second-order valence-corrected chi connectivity index (χ2v) is 6.17. The van der Waals surface area contributed by atoms with Crippen LogP contribution in [0.5, 0.6) is 0 Å². The van der Waals surface area contributed by atoms with E-state index in [4.69, 9.17) is 0 Å². The van der Waals surface area contributed by atoms with E-state index in [-0.39, 0.29) is 12.1 Å². The molecular weight excluding hydrogens is 222 g/mol. The van der Waals surface area contributed by atoms with Crippen molar-refractivity contribution >= 4 is 0 Å². The molecule has 1 aromatic rings. The lowest BCUT2D eigenvalue weighted by Crippen LogP contribution is -2.43. The van der Waals surface area contributed by atoms with Gasteiger partial charge in [0.2, 0.25) is 0 Å². The lowest BCUT2D eigenvalue weighted by atomic mass is 9.96. The number of aryl methyl sites for hydroxylation is 1. The minimum Gasteiger partial charge on any atom is -0.394 e. The Morgan fingerprint density at radius 1 is 1.28 bits per heavy atom. The van der Waals surface area contributed by atoms with Crippen LogP contribution in [-0.4, -0.2) is 29.2 Å². The summed E-state index contributed by atoms with van der Waals surface area (Å²) in [5.41, 5.74) is 3.87. The van der Waals surface area contributed by atoms with Crippen molar-refractivity contribution in [3.05, 3.63) is 34.9 Å². The van der Waals surface area contributed by atoms with Gasteiger partial charge in [-0.1, -0.05) is 32.0 Å². The molecule has 1 N–H and O–H groups in total. The Balaban J connectivity index is 2.93. The van der Waals surface area contributed by atoms with Crippen LogP contribution in [0.25, 0.3) is 0 Å². The van der Waals surface area contributed by atoms with Gasteiger partial charge in [-0.2, -0.15) is 0 Å². The fourth-order valence-electron chi connectivity index (χ4n) is 1.81. The SMILES string of the molecule is Cc1ccc(C(C)C)cc1CN(C)C(C)(C)CO. The zero-order chi connectivity index (χ0) is 13.9. The van der Waals surface area contributed by atoms with Gasteiger partial charge in [0.05, 0.1) is 6.61 Å². The highest BCUT2D eigenvalue weighted by atomic mass is 16.3. The van der Waals surface area contributed by atoms with E-state index in [0.29, 0.717) is 5.92 Å². The summed E-state index contributed by atoms with van der Waals surface area (Å²) in [5, 5.41) is 9.41. The van der Waals surface area contributed by atoms with E-state index < -0.39 is 0 Å². The van der Waals surface area contributed by atoms with Crippen molar-refractivity contribution in [3.8, 4) is 0 Å². The molecule has 102 valence electrons. The number of rotatable bonds is 5. The third-order valence-electron chi connectivity index (χ3n) is 3.87. The van der Waals surface area contributed by atoms with E-state index in [1.165, 1.54) is 16.7 Å². The van der Waals surface area contributed by atoms with Crippen LogP contribution in [0.3, 0.4) is 0 Å².